The Kier molecular flexibility index (Phi) is 10.2. The van der Waals surface area contributed by atoms with Crippen molar-refractivity contribution in [1.82, 2.24) is 9.55 Å². The maximum absolute atomic E-state index is 12.8. The minimum absolute atomic E-state index is 0.0226. The zero-order chi connectivity index (χ0) is 29.8. The first kappa shape index (κ1) is 31.7. The Bertz CT molecular complexity index is 1400. The number of phosphoric ester groups is 1. The van der Waals surface area contributed by atoms with Gasteiger partial charge in [-0.1, -0.05) is 15.9 Å². The van der Waals surface area contributed by atoms with Gasteiger partial charge in [-0.2, -0.15) is 13.2 Å². The number of phosphoric acid groups is 1. The average Bonchev–Trinajstić information content (AvgIpc) is 3.24. The van der Waals surface area contributed by atoms with Gasteiger partial charge in [-0.3, -0.25) is 28.6 Å². The summed E-state index contributed by atoms with van der Waals surface area (Å²) >= 11 is 3.02. The Labute approximate surface area is 232 Å². The zero-order valence-corrected chi connectivity index (χ0v) is 23.3. The standard InChI is InChI=1S/C22H24BrF3N3O10P/c1-12(29(36-2)15-5-3-14(4-6-15)22(24,25)26)20(32)39-40(34,35)37-11-17-16(30)9-18(38-17)28-10-13(7-8-23)19(31)27-21(28)33/h3-8,10,12,16-18,30H,9,11H2,1-2H3,(H,34,35)(H,27,31,33)/b8-7+/t12-,16-,17+,18+/m0/s1. The fourth-order valence-corrected chi connectivity index (χ4v) is 4.75. The van der Waals surface area contributed by atoms with E-state index in [1.165, 1.54) is 24.2 Å². The highest BCUT2D eigenvalue weighted by molar-refractivity contribution is 9.11. The number of carbonyl (C=O) groups excluding carboxylic acids is 1. The zero-order valence-electron chi connectivity index (χ0n) is 20.8. The molecule has 1 aliphatic heterocycles. The second-order valence-electron chi connectivity index (χ2n) is 8.38. The Morgan fingerprint density at radius 3 is 2.58 bits per heavy atom. The summed E-state index contributed by atoms with van der Waals surface area (Å²) in [6.07, 6.45) is -5.69. The molecule has 220 valence electrons. The van der Waals surface area contributed by atoms with Crippen molar-refractivity contribution in [3.63, 3.8) is 0 Å². The Hall–Kier alpha value is -2.79. The van der Waals surface area contributed by atoms with Gasteiger partial charge in [-0.15, -0.1) is 0 Å². The molecule has 5 atom stereocenters. The van der Waals surface area contributed by atoms with E-state index >= 15 is 0 Å². The van der Waals surface area contributed by atoms with Gasteiger partial charge in [0.2, 0.25) is 0 Å². The fraction of sp³-hybridized carbons (Fsp3) is 0.409. The van der Waals surface area contributed by atoms with Crippen molar-refractivity contribution in [3.8, 4) is 0 Å². The number of hydroxylamine groups is 1. The lowest BCUT2D eigenvalue weighted by atomic mass is 10.2. The van der Waals surface area contributed by atoms with E-state index in [9.17, 15) is 42.1 Å². The second-order valence-corrected chi connectivity index (χ2v) is 10.3. The number of anilines is 1. The maximum Gasteiger partial charge on any atom is 0.529 e. The van der Waals surface area contributed by atoms with Crippen LogP contribution in [-0.4, -0.2) is 57.5 Å². The average molecular weight is 658 g/mol. The van der Waals surface area contributed by atoms with Crippen LogP contribution in [0.15, 0.2) is 45.0 Å². The molecule has 1 aromatic carbocycles. The minimum Gasteiger partial charge on any atom is -0.390 e. The van der Waals surface area contributed by atoms with E-state index in [1.807, 2.05) is 0 Å². The molecule has 0 spiro atoms. The van der Waals surface area contributed by atoms with Gasteiger partial charge in [0, 0.05) is 12.6 Å². The van der Waals surface area contributed by atoms with Crippen LogP contribution in [0.25, 0.3) is 6.08 Å². The summed E-state index contributed by atoms with van der Waals surface area (Å²) in [4.78, 5) is 55.2. The number of benzene rings is 1. The third-order valence-electron chi connectivity index (χ3n) is 5.70. The summed E-state index contributed by atoms with van der Waals surface area (Å²) in [5.74, 6) is -1.31. The molecule has 2 heterocycles. The second kappa shape index (κ2) is 12.8. The van der Waals surface area contributed by atoms with Crippen LogP contribution in [0, 0.1) is 0 Å². The van der Waals surface area contributed by atoms with E-state index < -0.39 is 67.9 Å². The Morgan fingerprint density at radius 2 is 2.00 bits per heavy atom. The van der Waals surface area contributed by atoms with Gasteiger partial charge < -0.3 is 14.4 Å². The smallest absolute Gasteiger partial charge is 0.390 e. The van der Waals surface area contributed by atoms with Crippen LogP contribution in [0.3, 0.4) is 0 Å². The van der Waals surface area contributed by atoms with Gasteiger partial charge in [-0.05, 0) is 42.3 Å². The van der Waals surface area contributed by atoms with Gasteiger partial charge in [-0.25, -0.2) is 19.2 Å². The first-order valence-electron chi connectivity index (χ1n) is 11.3. The van der Waals surface area contributed by atoms with Crippen molar-refractivity contribution in [2.24, 2.45) is 0 Å². The van der Waals surface area contributed by atoms with Crippen LogP contribution in [0.5, 0.6) is 0 Å². The number of rotatable bonds is 10. The lowest BCUT2D eigenvalue weighted by Crippen LogP contribution is -2.39. The molecule has 40 heavy (non-hydrogen) atoms. The van der Waals surface area contributed by atoms with E-state index in [0.717, 1.165) is 41.0 Å². The summed E-state index contributed by atoms with van der Waals surface area (Å²) < 4.78 is 66.8. The number of aromatic nitrogens is 2. The largest absolute Gasteiger partial charge is 0.529 e. The molecule has 13 nitrogen and oxygen atoms in total. The summed E-state index contributed by atoms with van der Waals surface area (Å²) in [6, 6.07) is 2.19. The fourth-order valence-electron chi connectivity index (χ4n) is 3.70. The van der Waals surface area contributed by atoms with Crippen molar-refractivity contribution in [2.75, 3.05) is 18.8 Å². The third kappa shape index (κ3) is 7.69. The van der Waals surface area contributed by atoms with Gasteiger partial charge in [0.15, 0.2) is 6.04 Å². The highest BCUT2D eigenvalue weighted by Gasteiger charge is 2.39. The molecule has 1 aliphatic rings. The molecular formula is C22H24BrF3N3O10P. The van der Waals surface area contributed by atoms with Gasteiger partial charge in [0.1, 0.15) is 12.3 Å². The normalized spacial score (nSPS) is 21.8. The number of H-pyrrole nitrogens is 1. The molecule has 0 aliphatic carbocycles. The van der Waals surface area contributed by atoms with Gasteiger partial charge in [0.05, 0.1) is 36.6 Å². The van der Waals surface area contributed by atoms with Crippen molar-refractivity contribution < 1.29 is 51.2 Å². The number of alkyl halides is 3. The predicted molar refractivity (Wildman–Crippen MR) is 136 cm³/mol. The van der Waals surface area contributed by atoms with E-state index in [1.54, 1.807) is 0 Å². The van der Waals surface area contributed by atoms with Crippen LogP contribution in [0.2, 0.25) is 0 Å². The summed E-state index contributed by atoms with van der Waals surface area (Å²) in [5.41, 5.74) is -2.28. The molecule has 1 unspecified atom stereocenters. The number of hydrogen-bond acceptors (Lipinski definition) is 10. The number of nitrogens with one attached hydrogen (secondary N) is 1. The number of hydrogen-bond donors (Lipinski definition) is 3. The molecule has 2 aromatic rings. The molecule has 1 aromatic heterocycles. The van der Waals surface area contributed by atoms with Gasteiger partial charge >= 0.3 is 25.7 Å². The van der Waals surface area contributed by atoms with Crippen molar-refractivity contribution in [2.45, 2.75) is 44.0 Å². The predicted octanol–water partition coefficient (Wildman–Crippen LogP) is 2.69. The number of ether oxygens (including phenoxy) is 1. The molecule has 3 rings (SSSR count). The van der Waals surface area contributed by atoms with Crippen molar-refractivity contribution in [1.29, 1.82) is 0 Å². The lowest BCUT2D eigenvalue weighted by molar-refractivity contribution is -0.140. The summed E-state index contributed by atoms with van der Waals surface area (Å²) in [5, 5.41) is 11.2. The number of nitrogens with zero attached hydrogens (tertiary/aromatic N) is 2. The van der Waals surface area contributed by atoms with Crippen LogP contribution in [0.4, 0.5) is 18.9 Å². The molecule has 0 amide bonds. The first-order chi connectivity index (χ1) is 18.7. The number of aliphatic hydroxyl groups excluding tert-OH is 1. The van der Waals surface area contributed by atoms with Crippen molar-refractivity contribution >= 4 is 41.5 Å². The van der Waals surface area contributed by atoms with Crippen LogP contribution < -0.4 is 16.3 Å². The monoisotopic (exact) mass is 657 g/mol. The topological polar surface area (TPSA) is 170 Å². The maximum atomic E-state index is 12.8. The molecule has 0 bridgehead atoms. The molecular weight excluding hydrogens is 634 g/mol. The Morgan fingerprint density at radius 1 is 1.35 bits per heavy atom. The molecule has 1 fully saturated rings. The molecule has 1 saturated heterocycles. The SMILES string of the molecule is CON(c1ccc(C(F)(F)F)cc1)[C@@H](C)C(=O)OP(=O)(O)OC[C@H]1O[C@@H](n2cc(/C=C/Br)c(=O)[nH]c2=O)C[C@@H]1O. The number of halogens is 4. The van der Waals surface area contributed by atoms with Crippen LogP contribution >= 0.6 is 23.8 Å². The summed E-state index contributed by atoms with van der Waals surface area (Å²) in [6.45, 7) is 0.477. The number of carbonyl (C=O) groups is 1. The van der Waals surface area contributed by atoms with Gasteiger partial charge in [0.25, 0.3) is 5.56 Å². The van der Waals surface area contributed by atoms with E-state index in [2.05, 4.69) is 25.4 Å². The molecule has 3 N–H and O–H groups in total. The molecule has 0 radical (unpaired) electrons. The highest BCUT2D eigenvalue weighted by atomic mass is 79.9. The van der Waals surface area contributed by atoms with Crippen molar-refractivity contribution in [3.05, 3.63) is 67.4 Å². The first-order valence-corrected chi connectivity index (χ1v) is 13.7. The number of aliphatic hydroxyl groups is 1. The summed E-state index contributed by atoms with van der Waals surface area (Å²) in [7, 11) is -3.96. The lowest BCUT2D eigenvalue weighted by Gasteiger charge is -2.27. The van der Waals surface area contributed by atoms with E-state index in [4.69, 9.17) is 14.1 Å². The minimum atomic E-state index is -5.08. The number of aromatic amines is 1. The van der Waals surface area contributed by atoms with Crippen LogP contribution in [0.1, 0.15) is 30.7 Å². The van der Waals surface area contributed by atoms with E-state index in [-0.39, 0.29) is 17.7 Å². The highest BCUT2D eigenvalue weighted by Crippen LogP contribution is 2.45. The van der Waals surface area contributed by atoms with E-state index in [0.29, 0.717) is 0 Å². The molecule has 18 heteroatoms. The van der Waals surface area contributed by atoms with Crippen LogP contribution in [-0.2, 0) is 34.2 Å². The third-order valence-corrected chi connectivity index (χ3v) is 6.85. The quantitative estimate of drug-likeness (QED) is 0.254. The molecule has 0 saturated carbocycles. The Balaban J connectivity index is 1.62.